The van der Waals surface area contributed by atoms with E-state index in [2.05, 4.69) is 6.58 Å². The number of carbonyl (C=O) groups excluding carboxylic acids is 1. The molecule has 1 aromatic rings. The van der Waals surface area contributed by atoms with Crippen LogP contribution in [0.1, 0.15) is 19.8 Å². The summed E-state index contributed by atoms with van der Waals surface area (Å²) in [7, 11) is -3.51. The lowest BCUT2D eigenvalue weighted by molar-refractivity contribution is -0.124. The van der Waals surface area contributed by atoms with Crippen LogP contribution in [0.25, 0.3) is 0 Å². The van der Waals surface area contributed by atoms with Crippen molar-refractivity contribution in [1.82, 2.24) is 0 Å². The van der Waals surface area contributed by atoms with Gasteiger partial charge in [-0.1, -0.05) is 31.2 Å². The number of hydrogen-bond donors (Lipinski definition) is 1. The summed E-state index contributed by atoms with van der Waals surface area (Å²) in [5.74, 6) is 0.251. The van der Waals surface area contributed by atoms with Crippen LogP contribution in [0.4, 0.5) is 0 Å². The zero-order valence-corrected chi connectivity index (χ0v) is 13.1. The van der Waals surface area contributed by atoms with Crippen LogP contribution >= 0.6 is 7.60 Å². The van der Waals surface area contributed by atoms with E-state index in [1.165, 1.54) is 6.08 Å². The Morgan fingerprint density at radius 1 is 1.43 bits per heavy atom. The largest absolute Gasteiger partial charge is 0.424 e. The Labute approximate surface area is 125 Å². The van der Waals surface area contributed by atoms with Crippen molar-refractivity contribution >= 4 is 13.4 Å². The molecule has 1 aromatic carbocycles. The van der Waals surface area contributed by atoms with Crippen molar-refractivity contribution in [2.45, 2.75) is 25.9 Å². The molecule has 6 heteroatoms. The molecule has 0 saturated heterocycles. The standard InChI is InChI=1S/C15H22NO4P/c1-3-8-14(17)15(4-2)20-21(18,12-11-16)19-13-9-6-5-7-10-13/h4-7,9-10,15H,2-3,8,11-12,16H2,1H3/t15-,21?/m1/s1. The van der Waals surface area contributed by atoms with Gasteiger partial charge in [-0.3, -0.25) is 9.32 Å². The molecule has 0 aliphatic heterocycles. The van der Waals surface area contributed by atoms with Gasteiger partial charge in [0.25, 0.3) is 0 Å². The number of carbonyl (C=O) groups is 1. The first-order valence-corrected chi connectivity index (χ1v) is 8.65. The van der Waals surface area contributed by atoms with E-state index in [-0.39, 0.29) is 18.5 Å². The molecule has 0 aromatic heterocycles. The predicted octanol–water partition coefficient (Wildman–Crippen LogP) is 3.16. The second kappa shape index (κ2) is 8.78. The third-order valence-corrected chi connectivity index (χ3v) is 4.54. The van der Waals surface area contributed by atoms with Crippen LogP contribution in [-0.4, -0.2) is 24.6 Å². The predicted molar refractivity (Wildman–Crippen MR) is 83.6 cm³/mol. The van der Waals surface area contributed by atoms with E-state index in [9.17, 15) is 9.36 Å². The van der Waals surface area contributed by atoms with E-state index in [1.54, 1.807) is 24.3 Å². The number of hydrogen-bond acceptors (Lipinski definition) is 5. The van der Waals surface area contributed by atoms with E-state index >= 15 is 0 Å². The van der Waals surface area contributed by atoms with Gasteiger partial charge in [-0.2, -0.15) is 0 Å². The molecule has 0 amide bonds. The highest BCUT2D eigenvalue weighted by atomic mass is 31.2. The molecule has 0 radical (unpaired) electrons. The fourth-order valence-corrected chi connectivity index (χ4v) is 3.26. The molecule has 0 saturated carbocycles. The fraction of sp³-hybridized carbons (Fsp3) is 0.400. The lowest BCUT2D eigenvalue weighted by Crippen LogP contribution is -2.23. The molecule has 0 aliphatic carbocycles. The molecule has 2 atom stereocenters. The number of nitrogens with two attached hydrogens (primary N) is 1. The quantitative estimate of drug-likeness (QED) is 0.530. The van der Waals surface area contributed by atoms with Crippen LogP contribution < -0.4 is 10.3 Å². The fourth-order valence-electron chi connectivity index (χ4n) is 1.71. The van der Waals surface area contributed by atoms with E-state index in [0.717, 1.165) is 0 Å². The van der Waals surface area contributed by atoms with Crippen molar-refractivity contribution in [3.63, 3.8) is 0 Å². The summed E-state index contributed by atoms with van der Waals surface area (Å²) in [6, 6.07) is 8.68. The Hall–Kier alpha value is -1.42. The van der Waals surface area contributed by atoms with E-state index in [0.29, 0.717) is 18.6 Å². The molecule has 21 heavy (non-hydrogen) atoms. The second-order valence-corrected chi connectivity index (χ2v) is 6.57. The van der Waals surface area contributed by atoms with E-state index in [1.807, 2.05) is 13.0 Å². The van der Waals surface area contributed by atoms with Gasteiger partial charge in [-0.05, 0) is 18.6 Å². The lowest BCUT2D eigenvalue weighted by Gasteiger charge is -2.22. The molecule has 0 heterocycles. The van der Waals surface area contributed by atoms with Crippen molar-refractivity contribution < 1.29 is 18.4 Å². The van der Waals surface area contributed by atoms with Crippen LogP contribution in [0.5, 0.6) is 5.75 Å². The van der Waals surface area contributed by atoms with Gasteiger partial charge in [0.15, 0.2) is 5.78 Å². The van der Waals surface area contributed by atoms with E-state index in [4.69, 9.17) is 14.8 Å². The summed E-state index contributed by atoms with van der Waals surface area (Å²) in [5, 5.41) is 0. The molecule has 2 N–H and O–H groups in total. The molecule has 0 spiro atoms. The van der Waals surface area contributed by atoms with E-state index < -0.39 is 13.7 Å². The summed E-state index contributed by atoms with van der Waals surface area (Å²) in [4.78, 5) is 11.9. The first-order chi connectivity index (χ1) is 10.0. The number of Topliss-reactive ketones (excluding diaryl/α,β-unsaturated/α-hetero) is 1. The SMILES string of the molecule is C=C[C@@H](OP(=O)(CCN)Oc1ccccc1)C(=O)CCC. The molecule has 1 rings (SSSR count). The molecule has 0 aliphatic rings. The monoisotopic (exact) mass is 311 g/mol. The van der Waals surface area contributed by atoms with Gasteiger partial charge < -0.3 is 10.3 Å². The average molecular weight is 311 g/mol. The average Bonchev–Trinajstić information content (AvgIpc) is 2.46. The second-order valence-electron chi connectivity index (χ2n) is 4.51. The van der Waals surface area contributed by atoms with Crippen LogP contribution in [0.2, 0.25) is 0 Å². The Morgan fingerprint density at radius 2 is 2.10 bits per heavy atom. The molecule has 1 unspecified atom stereocenters. The minimum absolute atomic E-state index is 0.0334. The molecular weight excluding hydrogens is 289 g/mol. The van der Waals surface area contributed by atoms with Gasteiger partial charge in [0, 0.05) is 13.0 Å². The number of para-hydroxylation sites is 1. The van der Waals surface area contributed by atoms with Crippen LogP contribution in [-0.2, 0) is 13.9 Å². The van der Waals surface area contributed by atoms with Gasteiger partial charge in [-0.25, -0.2) is 4.57 Å². The summed E-state index contributed by atoms with van der Waals surface area (Å²) in [6.07, 6.45) is 1.46. The van der Waals surface area contributed by atoms with Crippen LogP contribution in [0, 0.1) is 0 Å². The smallest absolute Gasteiger partial charge is 0.381 e. The maximum Gasteiger partial charge on any atom is 0.381 e. The summed E-state index contributed by atoms with van der Waals surface area (Å²) in [6.45, 7) is 5.58. The topological polar surface area (TPSA) is 78.6 Å². The van der Waals surface area contributed by atoms with Crippen molar-refractivity contribution in [3.8, 4) is 5.75 Å². The highest BCUT2D eigenvalue weighted by molar-refractivity contribution is 7.54. The normalized spacial score (nSPS) is 15.0. The molecule has 5 nitrogen and oxygen atoms in total. The number of rotatable bonds is 10. The van der Waals surface area contributed by atoms with Gasteiger partial charge >= 0.3 is 7.60 Å². The summed E-state index contributed by atoms with van der Waals surface area (Å²) < 4.78 is 23.6. The van der Waals surface area contributed by atoms with Crippen molar-refractivity contribution in [2.24, 2.45) is 5.73 Å². The lowest BCUT2D eigenvalue weighted by atomic mass is 10.1. The number of benzene rings is 1. The molecule has 0 fully saturated rings. The summed E-state index contributed by atoms with van der Waals surface area (Å²) >= 11 is 0. The number of ketones is 1. The van der Waals surface area contributed by atoms with Crippen LogP contribution in [0.3, 0.4) is 0 Å². The zero-order valence-electron chi connectivity index (χ0n) is 12.2. The van der Waals surface area contributed by atoms with Crippen molar-refractivity contribution in [3.05, 3.63) is 43.0 Å². The highest BCUT2D eigenvalue weighted by Gasteiger charge is 2.31. The highest BCUT2D eigenvalue weighted by Crippen LogP contribution is 2.49. The maximum absolute atomic E-state index is 12.7. The third-order valence-electron chi connectivity index (χ3n) is 2.69. The first-order valence-electron chi connectivity index (χ1n) is 6.92. The minimum atomic E-state index is -3.51. The minimum Gasteiger partial charge on any atom is -0.424 e. The first kappa shape index (κ1) is 17.6. The van der Waals surface area contributed by atoms with Gasteiger partial charge in [0.2, 0.25) is 0 Å². The summed E-state index contributed by atoms with van der Waals surface area (Å²) in [5.41, 5.74) is 5.48. The Kier molecular flexibility index (Phi) is 7.37. The van der Waals surface area contributed by atoms with Gasteiger partial charge in [0.1, 0.15) is 11.9 Å². The third kappa shape index (κ3) is 5.84. The van der Waals surface area contributed by atoms with Crippen molar-refractivity contribution in [1.29, 1.82) is 0 Å². The van der Waals surface area contributed by atoms with Gasteiger partial charge in [-0.15, -0.1) is 6.58 Å². The maximum atomic E-state index is 12.7. The Balaban J connectivity index is 2.86. The Bertz CT molecular complexity index is 504. The molecular formula is C15H22NO4P. The zero-order chi connectivity index (χ0) is 15.7. The molecule has 116 valence electrons. The van der Waals surface area contributed by atoms with Gasteiger partial charge in [0.05, 0.1) is 6.16 Å². The Morgan fingerprint density at radius 3 is 2.62 bits per heavy atom. The molecule has 0 bridgehead atoms. The van der Waals surface area contributed by atoms with Crippen molar-refractivity contribution in [2.75, 3.05) is 12.7 Å². The van der Waals surface area contributed by atoms with Crippen LogP contribution in [0.15, 0.2) is 43.0 Å².